The molecule has 1 N–H and O–H groups in total. The first-order valence-electron chi connectivity index (χ1n) is 6.02. The van der Waals surface area contributed by atoms with E-state index in [9.17, 15) is 4.79 Å². The van der Waals surface area contributed by atoms with Gasteiger partial charge in [-0.25, -0.2) is 0 Å². The Morgan fingerprint density at radius 3 is 2.65 bits per heavy atom. The molecular weight excluding hydrogens is 214 g/mol. The van der Waals surface area contributed by atoms with Gasteiger partial charge in [-0.2, -0.15) is 0 Å². The van der Waals surface area contributed by atoms with Crippen molar-refractivity contribution < 1.29 is 9.53 Å². The smallest absolute Gasteiger partial charge is 0.146 e. The highest BCUT2D eigenvalue weighted by Crippen LogP contribution is 2.05. The SMILES string of the molecule is CNCC(=O)CCCOCc1ccc(C)cc1. The Labute approximate surface area is 103 Å². The fraction of sp³-hybridized carbons (Fsp3) is 0.500. The Morgan fingerprint density at radius 1 is 1.29 bits per heavy atom. The number of rotatable bonds is 8. The van der Waals surface area contributed by atoms with Crippen molar-refractivity contribution in [2.75, 3.05) is 20.2 Å². The monoisotopic (exact) mass is 235 g/mol. The molecule has 1 aromatic rings. The van der Waals surface area contributed by atoms with Crippen LogP contribution in [0.1, 0.15) is 24.0 Å². The molecule has 0 fully saturated rings. The molecule has 0 saturated carbocycles. The van der Waals surface area contributed by atoms with E-state index in [0.717, 1.165) is 6.42 Å². The number of benzene rings is 1. The molecule has 17 heavy (non-hydrogen) atoms. The van der Waals surface area contributed by atoms with Crippen LogP contribution in [0.4, 0.5) is 0 Å². The van der Waals surface area contributed by atoms with Crippen molar-refractivity contribution >= 4 is 5.78 Å². The summed E-state index contributed by atoms with van der Waals surface area (Å²) in [6.45, 7) is 3.79. The van der Waals surface area contributed by atoms with Crippen LogP contribution in [-0.4, -0.2) is 26.0 Å². The molecular formula is C14H21NO2. The first-order chi connectivity index (χ1) is 8.22. The average molecular weight is 235 g/mol. The molecule has 0 aromatic heterocycles. The highest BCUT2D eigenvalue weighted by atomic mass is 16.5. The van der Waals surface area contributed by atoms with E-state index in [1.165, 1.54) is 11.1 Å². The van der Waals surface area contributed by atoms with E-state index in [1.54, 1.807) is 7.05 Å². The Bertz CT molecular complexity index is 333. The number of likely N-dealkylation sites (N-methyl/N-ethyl adjacent to an activating group) is 1. The highest BCUT2D eigenvalue weighted by molar-refractivity contribution is 5.80. The van der Waals surface area contributed by atoms with Gasteiger partial charge in [0.1, 0.15) is 5.78 Å². The van der Waals surface area contributed by atoms with Gasteiger partial charge in [-0.1, -0.05) is 29.8 Å². The molecule has 0 aliphatic rings. The molecule has 1 aromatic carbocycles. The molecule has 0 heterocycles. The van der Waals surface area contributed by atoms with Gasteiger partial charge in [0, 0.05) is 13.0 Å². The maximum atomic E-state index is 11.2. The fourth-order valence-electron chi connectivity index (χ4n) is 1.53. The third-order valence-electron chi connectivity index (χ3n) is 2.51. The minimum Gasteiger partial charge on any atom is -0.377 e. The molecule has 0 atom stereocenters. The largest absolute Gasteiger partial charge is 0.377 e. The van der Waals surface area contributed by atoms with Crippen LogP contribution in [0, 0.1) is 6.92 Å². The summed E-state index contributed by atoms with van der Waals surface area (Å²) in [6, 6.07) is 8.30. The molecule has 0 spiro atoms. The summed E-state index contributed by atoms with van der Waals surface area (Å²) >= 11 is 0. The fourth-order valence-corrected chi connectivity index (χ4v) is 1.53. The summed E-state index contributed by atoms with van der Waals surface area (Å²) in [4.78, 5) is 11.2. The predicted octanol–water partition coefficient (Wildman–Crippen LogP) is 2.08. The molecule has 3 nitrogen and oxygen atoms in total. The minimum absolute atomic E-state index is 0.242. The number of nitrogens with one attached hydrogen (secondary N) is 1. The van der Waals surface area contributed by atoms with Gasteiger partial charge in [-0.15, -0.1) is 0 Å². The number of hydrogen-bond acceptors (Lipinski definition) is 3. The van der Waals surface area contributed by atoms with Crippen LogP contribution in [0.25, 0.3) is 0 Å². The van der Waals surface area contributed by atoms with E-state index in [1.807, 2.05) is 0 Å². The maximum absolute atomic E-state index is 11.2. The molecule has 0 bridgehead atoms. The second-order valence-corrected chi connectivity index (χ2v) is 4.21. The zero-order chi connectivity index (χ0) is 12.5. The average Bonchev–Trinajstić information content (AvgIpc) is 2.31. The van der Waals surface area contributed by atoms with Gasteiger partial charge in [0.2, 0.25) is 0 Å². The molecule has 0 unspecified atom stereocenters. The van der Waals surface area contributed by atoms with E-state index in [-0.39, 0.29) is 5.78 Å². The summed E-state index contributed by atoms with van der Waals surface area (Å²) in [5, 5.41) is 2.85. The second-order valence-electron chi connectivity index (χ2n) is 4.21. The predicted molar refractivity (Wildman–Crippen MR) is 69.0 cm³/mol. The van der Waals surface area contributed by atoms with Crippen molar-refractivity contribution in [3.8, 4) is 0 Å². The van der Waals surface area contributed by atoms with Crippen molar-refractivity contribution in [1.82, 2.24) is 5.32 Å². The zero-order valence-corrected chi connectivity index (χ0v) is 10.7. The number of Topliss-reactive ketones (excluding diaryl/α,β-unsaturated/α-hetero) is 1. The molecule has 0 aliphatic heterocycles. The van der Waals surface area contributed by atoms with Gasteiger partial charge >= 0.3 is 0 Å². The van der Waals surface area contributed by atoms with E-state index in [0.29, 0.717) is 26.2 Å². The first-order valence-corrected chi connectivity index (χ1v) is 6.02. The molecule has 1 rings (SSSR count). The van der Waals surface area contributed by atoms with Crippen LogP contribution in [0.15, 0.2) is 24.3 Å². The lowest BCUT2D eigenvalue weighted by Gasteiger charge is -2.04. The number of hydrogen-bond donors (Lipinski definition) is 1. The number of ether oxygens (including phenoxy) is 1. The molecule has 94 valence electrons. The van der Waals surface area contributed by atoms with Crippen molar-refractivity contribution in [1.29, 1.82) is 0 Å². The molecule has 3 heteroatoms. The normalized spacial score (nSPS) is 10.5. The lowest BCUT2D eigenvalue weighted by molar-refractivity contribution is -0.118. The van der Waals surface area contributed by atoms with Crippen LogP contribution < -0.4 is 5.32 Å². The van der Waals surface area contributed by atoms with Gasteiger partial charge in [0.15, 0.2) is 0 Å². The summed E-state index contributed by atoms with van der Waals surface area (Å²) < 4.78 is 5.52. The van der Waals surface area contributed by atoms with E-state index >= 15 is 0 Å². The van der Waals surface area contributed by atoms with E-state index in [2.05, 4.69) is 36.5 Å². The van der Waals surface area contributed by atoms with Crippen molar-refractivity contribution in [2.45, 2.75) is 26.4 Å². The lowest BCUT2D eigenvalue weighted by atomic mass is 10.2. The molecule has 0 aliphatic carbocycles. The van der Waals surface area contributed by atoms with Gasteiger partial charge in [-0.05, 0) is 26.0 Å². The second kappa shape index (κ2) is 7.98. The maximum Gasteiger partial charge on any atom is 0.146 e. The summed E-state index contributed by atoms with van der Waals surface area (Å²) in [5.41, 5.74) is 2.43. The lowest BCUT2D eigenvalue weighted by Crippen LogP contribution is -2.18. The Hall–Kier alpha value is -1.19. The van der Waals surface area contributed by atoms with Gasteiger partial charge in [-0.3, -0.25) is 4.79 Å². The van der Waals surface area contributed by atoms with Crippen LogP contribution in [0.3, 0.4) is 0 Å². The minimum atomic E-state index is 0.242. The van der Waals surface area contributed by atoms with Crippen molar-refractivity contribution in [2.24, 2.45) is 0 Å². The molecule has 0 amide bonds. The summed E-state index contributed by atoms with van der Waals surface area (Å²) in [5.74, 6) is 0.242. The van der Waals surface area contributed by atoms with E-state index in [4.69, 9.17) is 4.74 Å². The molecule has 0 radical (unpaired) electrons. The summed E-state index contributed by atoms with van der Waals surface area (Å²) in [6.07, 6.45) is 1.39. The van der Waals surface area contributed by atoms with Crippen molar-refractivity contribution in [3.05, 3.63) is 35.4 Å². The van der Waals surface area contributed by atoms with Crippen LogP contribution >= 0.6 is 0 Å². The van der Waals surface area contributed by atoms with Gasteiger partial charge in [0.25, 0.3) is 0 Å². The quantitative estimate of drug-likeness (QED) is 0.701. The number of carbonyl (C=O) groups excluding carboxylic acids is 1. The van der Waals surface area contributed by atoms with Gasteiger partial charge in [0.05, 0.1) is 13.2 Å². The number of aryl methyl sites for hydroxylation is 1. The number of ketones is 1. The molecule has 0 saturated heterocycles. The van der Waals surface area contributed by atoms with Crippen LogP contribution in [0.5, 0.6) is 0 Å². The Morgan fingerprint density at radius 2 is 2.00 bits per heavy atom. The highest BCUT2D eigenvalue weighted by Gasteiger charge is 1.99. The topological polar surface area (TPSA) is 38.3 Å². The Balaban J connectivity index is 2.08. The van der Waals surface area contributed by atoms with Crippen LogP contribution in [-0.2, 0) is 16.1 Å². The first kappa shape index (κ1) is 13.9. The number of carbonyl (C=O) groups is 1. The van der Waals surface area contributed by atoms with Gasteiger partial charge < -0.3 is 10.1 Å². The Kier molecular flexibility index (Phi) is 6.51. The van der Waals surface area contributed by atoms with Crippen LogP contribution in [0.2, 0.25) is 0 Å². The third kappa shape index (κ3) is 6.19. The standard InChI is InChI=1S/C14H21NO2/c1-12-5-7-13(8-6-12)11-17-9-3-4-14(16)10-15-2/h5-8,15H,3-4,9-11H2,1-2H3. The van der Waals surface area contributed by atoms with Crippen molar-refractivity contribution in [3.63, 3.8) is 0 Å². The summed E-state index contributed by atoms with van der Waals surface area (Å²) in [7, 11) is 1.78. The van der Waals surface area contributed by atoms with E-state index < -0.39 is 0 Å². The third-order valence-corrected chi connectivity index (χ3v) is 2.51. The zero-order valence-electron chi connectivity index (χ0n) is 10.7.